The zero-order valence-corrected chi connectivity index (χ0v) is 15.8. The van der Waals surface area contributed by atoms with Crippen LogP contribution >= 0.6 is 0 Å². The van der Waals surface area contributed by atoms with Gasteiger partial charge < -0.3 is 19.8 Å². The van der Waals surface area contributed by atoms with Gasteiger partial charge in [0.05, 0.1) is 19.4 Å². The van der Waals surface area contributed by atoms with Crippen LogP contribution in [0.5, 0.6) is 5.75 Å². The summed E-state index contributed by atoms with van der Waals surface area (Å²) >= 11 is 0. The Bertz CT molecular complexity index is 1030. The number of aromatic amines is 1. The number of rotatable bonds is 6. The van der Waals surface area contributed by atoms with Crippen LogP contribution in [-0.2, 0) is 9.53 Å². The van der Waals surface area contributed by atoms with E-state index in [9.17, 15) is 9.59 Å². The highest BCUT2D eigenvalue weighted by molar-refractivity contribution is 6.12. The van der Waals surface area contributed by atoms with E-state index >= 15 is 0 Å². The third kappa shape index (κ3) is 3.33. The quantitative estimate of drug-likeness (QED) is 0.633. The van der Waals surface area contributed by atoms with Gasteiger partial charge in [0.25, 0.3) is 0 Å². The van der Waals surface area contributed by atoms with Gasteiger partial charge >= 0.3 is 5.97 Å². The van der Waals surface area contributed by atoms with Crippen molar-refractivity contribution in [3.05, 3.63) is 59.8 Å². The molecule has 1 saturated carbocycles. The summed E-state index contributed by atoms with van der Waals surface area (Å²) < 4.78 is 10.4. The lowest BCUT2D eigenvalue weighted by atomic mass is 10.1. The van der Waals surface area contributed by atoms with Crippen LogP contribution in [-0.4, -0.2) is 30.6 Å². The zero-order chi connectivity index (χ0) is 19.7. The van der Waals surface area contributed by atoms with Gasteiger partial charge in [0.2, 0.25) is 5.91 Å². The molecule has 2 atom stereocenters. The van der Waals surface area contributed by atoms with E-state index in [0.29, 0.717) is 16.8 Å². The van der Waals surface area contributed by atoms with E-state index < -0.39 is 5.97 Å². The van der Waals surface area contributed by atoms with Crippen LogP contribution in [0.3, 0.4) is 0 Å². The average molecular weight is 378 g/mol. The molecular formula is C22H22N2O4. The lowest BCUT2D eigenvalue weighted by Crippen LogP contribution is -2.17. The number of methoxy groups -OCH3 is 1. The fraction of sp³-hybridized carbons (Fsp3) is 0.273. The normalized spacial score (nSPS) is 17.9. The lowest BCUT2D eigenvalue weighted by molar-refractivity contribution is -0.117. The Morgan fingerprint density at radius 1 is 1.18 bits per heavy atom. The number of hydrogen-bond donors (Lipinski definition) is 2. The van der Waals surface area contributed by atoms with E-state index in [2.05, 4.69) is 10.3 Å². The third-order valence-corrected chi connectivity index (χ3v) is 5.09. The molecule has 1 heterocycles. The van der Waals surface area contributed by atoms with Crippen molar-refractivity contribution >= 4 is 28.5 Å². The van der Waals surface area contributed by atoms with Crippen molar-refractivity contribution in [1.29, 1.82) is 0 Å². The molecule has 1 aromatic heterocycles. The number of esters is 1. The van der Waals surface area contributed by atoms with Crippen molar-refractivity contribution < 1.29 is 19.1 Å². The molecule has 144 valence electrons. The number of carbonyl (C=O) groups excluding carboxylic acids is 2. The molecule has 6 nitrogen and oxygen atoms in total. The van der Waals surface area contributed by atoms with E-state index in [1.807, 2.05) is 36.4 Å². The van der Waals surface area contributed by atoms with Gasteiger partial charge in [-0.2, -0.15) is 0 Å². The molecule has 2 aromatic carbocycles. The number of hydrogen-bond acceptors (Lipinski definition) is 4. The van der Waals surface area contributed by atoms with Crippen molar-refractivity contribution in [2.24, 2.45) is 5.92 Å². The molecule has 0 spiro atoms. The van der Waals surface area contributed by atoms with Gasteiger partial charge in [-0.15, -0.1) is 0 Å². The number of fused-ring (bicyclic) bond motifs is 1. The van der Waals surface area contributed by atoms with E-state index in [4.69, 9.17) is 9.47 Å². The predicted molar refractivity (Wildman–Crippen MR) is 107 cm³/mol. The second-order valence-electron chi connectivity index (χ2n) is 6.86. The number of carbonyl (C=O) groups is 2. The van der Waals surface area contributed by atoms with Gasteiger partial charge in [0, 0.05) is 16.8 Å². The molecule has 1 aliphatic rings. The highest BCUT2D eigenvalue weighted by atomic mass is 16.5. The molecule has 1 fully saturated rings. The monoisotopic (exact) mass is 378 g/mol. The third-order valence-electron chi connectivity index (χ3n) is 5.09. The van der Waals surface area contributed by atoms with Crippen LogP contribution in [0.25, 0.3) is 10.9 Å². The molecule has 0 saturated heterocycles. The largest absolute Gasteiger partial charge is 0.497 e. The fourth-order valence-corrected chi connectivity index (χ4v) is 3.55. The highest BCUT2D eigenvalue weighted by Crippen LogP contribution is 2.48. The second-order valence-corrected chi connectivity index (χ2v) is 6.86. The first kappa shape index (κ1) is 18.1. The van der Waals surface area contributed by atoms with Gasteiger partial charge in [-0.25, -0.2) is 4.79 Å². The molecule has 0 radical (unpaired) electrons. The van der Waals surface area contributed by atoms with Crippen molar-refractivity contribution in [2.45, 2.75) is 19.3 Å². The molecule has 4 rings (SSSR count). The number of ether oxygens (including phenoxy) is 2. The molecule has 28 heavy (non-hydrogen) atoms. The van der Waals surface area contributed by atoms with E-state index in [1.54, 1.807) is 26.2 Å². The summed E-state index contributed by atoms with van der Waals surface area (Å²) in [6.45, 7) is 2.00. The minimum atomic E-state index is -0.497. The Kier molecular flexibility index (Phi) is 4.77. The molecule has 1 aliphatic carbocycles. The minimum Gasteiger partial charge on any atom is -0.497 e. The molecular weight excluding hydrogens is 356 g/mol. The number of anilines is 1. The average Bonchev–Trinajstić information content (AvgIpc) is 3.45. The van der Waals surface area contributed by atoms with Crippen LogP contribution < -0.4 is 10.1 Å². The van der Waals surface area contributed by atoms with Crippen LogP contribution in [0.15, 0.2) is 48.5 Å². The summed E-state index contributed by atoms with van der Waals surface area (Å²) in [6, 6.07) is 15.4. The predicted octanol–water partition coefficient (Wildman–Crippen LogP) is 4.10. The Balaban J connectivity index is 1.64. The highest BCUT2D eigenvalue weighted by Gasteiger charge is 2.44. The summed E-state index contributed by atoms with van der Waals surface area (Å²) in [6.07, 6.45) is 0.802. The van der Waals surface area contributed by atoms with E-state index in [0.717, 1.165) is 17.5 Å². The maximum absolute atomic E-state index is 12.9. The maximum atomic E-state index is 12.9. The summed E-state index contributed by atoms with van der Waals surface area (Å²) in [5.74, 6) is 0.164. The molecule has 2 N–H and O–H groups in total. The summed E-state index contributed by atoms with van der Waals surface area (Å²) in [7, 11) is 1.58. The van der Waals surface area contributed by atoms with Gasteiger partial charge in [-0.3, -0.25) is 4.79 Å². The first-order chi connectivity index (χ1) is 13.6. The lowest BCUT2D eigenvalue weighted by Gasteiger charge is -2.08. The van der Waals surface area contributed by atoms with Crippen molar-refractivity contribution in [1.82, 2.24) is 4.98 Å². The topological polar surface area (TPSA) is 80.4 Å². The molecule has 0 unspecified atom stereocenters. The summed E-state index contributed by atoms with van der Waals surface area (Å²) in [5, 5.41) is 3.67. The molecule has 0 aliphatic heterocycles. The standard InChI is InChI=1S/C22H22N2O4/c1-3-28-22(26)20-19(17-11-14(27-2)9-10-18(17)23-20)24-21(25)16-12-15(16)13-7-5-4-6-8-13/h4-11,15-16,23H,3,12H2,1-2H3,(H,24,25)/t15-,16+/m0/s1. The van der Waals surface area contributed by atoms with Crippen LogP contribution in [0.1, 0.15) is 35.3 Å². The first-order valence-corrected chi connectivity index (χ1v) is 9.35. The Hall–Kier alpha value is -3.28. The van der Waals surface area contributed by atoms with Crippen LogP contribution in [0.2, 0.25) is 0 Å². The Morgan fingerprint density at radius 3 is 2.68 bits per heavy atom. The minimum absolute atomic E-state index is 0.0943. The number of amides is 1. The number of aromatic nitrogens is 1. The smallest absolute Gasteiger partial charge is 0.356 e. The maximum Gasteiger partial charge on any atom is 0.356 e. The van der Waals surface area contributed by atoms with Gasteiger partial charge in [0.1, 0.15) is 11.4 Å². The summed E-state index contributed by atoms with van der Waals surface area (Å²) in [4.78, 5) is 28.3. The van der Waals surface area contributed by atoms with Crippen molar-refractivity contribution in [3.8, 4) is 5.75 Å². The fourth-order valence-electron chi connectivity index (χ4n) is 3.55. The van der Waals surface area contributed by atoms with E-state index in [1.165, 1.54) is 0 Å². The van der Waals surface area contributed by atoms with Crippen LogP contribution in [0.4, 0.5) is 5.69 Å². The van der Waals surface area contributed by atoms with Gasteiger partial charge in [-0.05, 0) is 43.0 Å². The van der Waals surface area contributed by atoms with Gasteiger partial charge in [-0.1, -0.05) is 30.3 Å². The van der Waals surface area contributed by atoms with Gasteiger partial charge in [0.15, 0.2) is 0 Å². The molecule has 6 heteroatoms. The number of nitrogens with one attached hydrogen (secondary N) is 2. The van der Waals surface area contributed by atoms with Crippen LogP contribution in [0, 0.1) is 5.92 Å². The second kappa shape index (κ2) is 7.38. The Labute approximate surface area is 162 Å². The number of benzene rings is 2. The van der Waals surface area contributed by atoms with E-state index in [-0.39, 0.29) is 30.0 Å². The van der Waals surface area contributed by atoms with Crippen molar-refractivity contribution in [2.75, 3.05) is 19.0 Å². The summed E-state index contributed by atoms with van der Waals surface area (Å²) in [5.41, 5.74) is 2.58. The molecule has 0 bridgehead atoms. The number of H-pyrrole nitrogens is 1. The molecule has 1 amide bonds. The Morgan fingerprint density at radius 2 is 1.96 bits per heavy atom. The first-order valence-electron chi connectivity index (χ1n) is 9.35. The zero-order valence-electron chi connectivity index (χ0n) is 15.8. The molecule has 3 aromatic rings. The van der Waals surface area contributed by atoms with Crippen molar-refractivity contribution in [3.63, 3.8) is 0 Å². The SMILES string of the molecule is CCOC(=O)c1[nH]c2ccc(OC)cc2c1NC(=O)[C@@H]1C[C@H]1c1ccccc1.